The zero-order chi connectivity index (χ0) is 23.6. The molecule has 0 aliphatic carbocycles. The molecule has 2 aromatic carbocycles. The number of halogens is 2. The van der Waals surface area contributed by atoms with E-state index >= 15 is 0 Å². The van der Waals surface area contributed by atoms with Crippen molar-refractivity contribution in [1.29, 1.82) is 0 Å². The minimum atomic E-state index is -3.69. The SMILES string of the molecule is CCCn1c(COC(=O)c2cc(F)cc(F)c2)nc2cc(S(=O)(=O)N3CCOCC3)ccc21. The molecule has 4 rings (SSSR count). The van der Waals surface area contributed by atoms with Gasteiger partial charge in [0.05, 0.1) is 34.7 Å². The van der Waals surface area contributed by atoms with Crippen LogP contribution >= 0.6 is 0 Å². The van der Waals surface area contributed by atoms with E-state index in [1.807, 2.05) is 11.5 Å². The van der Waals surface area contributed by atoms with Crippen molar-refractivity contribution in [3.63, 3.8) is 0 Å². The Hall–Kier alpha value is -2.89. The summed E-state index contributed by atoms with van der Waals surface area (Å²) in [7, 11) is -3.69. The van der Waals surface area contributed by atoms with E-state index in [0.29, 0.717) is 42.7 Å². The molecule has 0 radical (unpaired) electrons. The van der Waals surface area contributed by atoms with Crippen LogP contribution in [0.3, 0.4) is 0 Å². The first kappa shape index (κ1) is 23.3. The van der Waals surface area contributed by atoms with E-state index in [9.17, 15) is 22.0 Å². The molecule has 0 amide bonds. The molecule has 3 aromatic rings. The highest BCUT2D eigenvalue weighted by atomic mass is 32.2. The van der Waals surface area contributed by atoms with Crippen molar-refractivity contribution in [3.05, 3.63) is 59.4 Å². The maximum absolute atomic E-state index is 13.4. The number of esters is 1. The van der Waals surface area contributed by atoms with Gasteiger partial charge >= 0.3 is 5.97 Å². The van der Waals surface area contributed by atoms with Gasteiger partial charge in [0.25, 0.3) is 0 Å². The summed E-state index contributed by atoms with van der Waals surface area (Å²) in [6, 6.07) is 7.16. The van der Waals surface area contributed by atoms with E-state index in [4.69, 9.17) is 9.47 Å². The molecule has 1 saturated heterocycles. The number of aryl methyl sites for hydroxylation is 1. The molecule has 2 heterocycles. The molecule has 1 aliphatic rings. The second-order valence-electron chi connectivity index (χ2n) is 7.58. The molecule has 33 heavy (non-hydrogen) atoms. The minimum Gasteiger partial charge on any atom is -0.454 e. The second kappa shape index (κ2) is 9.54. The maximum Gasteiger partial charge on any atom is 0.338 e. The lowest BCUT2D eigenvalue weighted by atomic mass is 10.2. The largest absolute Gasteiger partial charge is 0.454 e. The topological polar surface area (TPSA) is 90.7 Å². The van der Waals surface area contributed by atoms with Crippen molar-refractivity contribution < 1.29 is 31.5 Å². The monoisotopic (exact) mass is 479 g/mol. The molecule has 0 saturated carbocycles. The summed E-state index contributed by atoms with van der Waals surface area (Å²) in [6.45, 7) is 3.55. The number of carbonyl (C=O) groups is 1. The lowest BCUT2D eigenvalue weighted by Crippen LogP contribution is -2.40. The number of morpholine rings is 1. The predicted octanol–water partition coefficient (Wildman–Crippen LogP) is 3.10. The summed E-state index contributed by atoms with van der Waals surface area (Å²) >= 11 is 0. The third-order valence-corrected chi connectivity index (χ3v) is 7.18. The molecule has 0 unspecified atom stereocenters. The van der Waals surface area contributed by atoms with Gasteiger partial charge in [0.2, 0.25) is 10.0 Å². The van der Waals surface area contributed by atoms with Crippen LogP contribution in [0.15, 0.2) is 41.3 Å². The molecule has 1 aromatic heterocycles. The number of aromatic nitrogens is 2. The number of carbonyl (C=O) groups excluding carboxylic acids is 1. The minimum absolute atomic E-state index is 0.122. The van der Waals surface area contributed by atoms with Gasteiger partial charge in [0, 0.05) is 25.7 Å². The molecular formula is C22H23F2N3O5S. The Balaban J connectivity index is 1.61. The predicted molar refractivity (Wildman–Crippen MR) is 115 cm³/mol. The first-order chi connectivity index (χ1) is 15.8. The van der Waals surface area contributed by atoms with E-state index in [2.05, 4.69) is 4.98 Å². The number of fused-ring (bicyclic) bond motifs is 1. The van der Waals surface area contributed by atoms with Crippen LogP contribution in [0.4, 0.5) is 8.78 Å². The van der Waals surface area contributed by atoms with E-state index in [-0.39, 0.29) is 30.2 Å². The number of rotatable bonds is 7. The van der Waals surface area contributed by atoms with Gasteiger partial charge in [-0.3, -0.25) is 0 Å². The molecule has 1 fully saturated rings. The Kier molecular flexibility index (Phi) is 6.73. The lowest BCUT2D eigenvalue weighted by Gasteiger charge is -2.26. The van der Waals surface area contributed by atoms with E-state index < -0.39 is 27.6 Å². The summed E-state index contributed by atoms with van der Waals surface area (Å²) < 4.78 is 66.4. The van der Waals surface area contributed by atoms with E-state index in [1.165, 1.54) is 16.4 Å². The van der Waals surface area contributed by atoms with E-state index in [0.717, 1.165) is 18.6 Å². The standard InChI is InChI=1S/C22H23F2N3O5S/c1-2-5-27-20-4-3-18(33(29,30)26-6-8-31-9-7-26)13-19(20)25-21(27)14-32-22(28)15-10-16(23)12-17(24)11-15/h3-4,10-13H,2,5-9,14H2,1H3. The van der Waals surface area contributed by atoms with Gasteiger partial charge in [-0.1, -0.05) is 6.92 Å². The van der Waals surface area contributed by atoms with Crippen LogP contribution in [0.1, 0.15) is 29.5 Å². The molecule has 0 atom stereocenters. The van der Waals surface area contributed by atoms with Gasteiger partial charge in [0.15, 0.2) is 0 Å². The Labute approximate surface area is 189 Å². The average Bonchev–Trinajstić information content (AvgIpc) is 3.14. The van der Waals surface area contributed by atoms with Crippen molar-refractivity contribution in [2.45, 2.75) is 31.4 Å². The molecule has 8 nitrogen and oxygen atoms in total. The van der Waals surface area contributed by atoms with Crippen LogP contribution in [0.5, 0.6) is 0 Å². The van der Waals surface area contributed by atoms with Crippen LogP contribution < -0.4 is 0 Å². The fourth-order valence-electron chi connectivity index (χ4n) is 3.72. The molecule has 176 valence electrons. The number of ether oxygens (including phenoxy) is 2. The van der Waals surface area contributed by atoms with Crippen molar-refractivity contribution >= 4 is 27.0 Å². The smallest absolute Gasteiger partial charge is 0.338 e. The third-order valence-electron chi connectivity index (χ3n) is 5.28. The second-order valence-corrected chi connectivity index (χ2v) is 9.52. The summed E-state index contributed by atoms with van der Waals surface area (Å²) in [5.74, 6) is -2.25. The molecular weight excluding hydrogens is 456 g/mol. The van der Waals surface area contributed by atoms with Crippen molar-refractivity contribution in [2.24, 2.45) is 0 Å². The van der Waals surface area contributed by atoms with Crippen LogP contribution in [-0.2, 0) is 32.6 Å². The zero-order valence-electron chi connectivity index (χ0n) is 18.0. The normalized spacial score (nSPS) is 15.1. The molecule has 0 bridgehead atoms. The van der Waals surface area contributed by atoms with Crippen molar-refractivity contribution in [1.82, 2.24) is 13.9 Å². The Morgan fingerprint density at radius 1 is 1.12 bits per heavy atom. The van der Waals surface area contributed by atoms with Gasteiger partial charge in [0.1, 0.15) is 24.1 Å². The van der Waals surface area contributed by atoms with Gasteiger partial charge in [-0.2, -0.15) is 4.31 Å². The summed E-state index contributed by atoms with van der Waals surface area (Å²) in [5, 5.41) is 0. The van der Waals surface area contributed by atoms with Crippen molar-refractivity contribution in [2.75, 3.05) is 26.3 Å². The number of sulfonamides is 1. The van der Waals surface area contributed by atoms with E-state index in [1.54, 1.807) is 6.07 Å². The number of benzene rings is 2. The average molecular weight is 480 g/mol. The van der Waals surface area contributed by atoms with Crippen molar-refractivity contribution in [3.8, 4) is 0 Å². The summed E-state index contributed by atoms with van der Waals surface area (Å²) in [5.41, 5.74) is 0.894. The van der Waals surface area contributed by atoms with Gasteiger partial charge in [-0.15, -0.1) is 0 Å². The highest BCUT2D eigenvalue weighted by Gasteiger charge is 2.27. The van der Waals surface area contributed by atoms with Gasteiger partial charge < -0.3 is 14.0 Å². The molecule has 0 N–H and O–H groups in total. The number of imidazole rings is 1. The van der Waals surface area contributed by atoms with Crippen LogP contribution in [0.25, 0.3) is 11.0 Å². The molecule has 11 heteroatoms. The van der Waals surface area contributed by atoms with Gasteiger partial charge in [-0.25, -0.2) is 27.0 Å². The summed E-state index contributed by atoms with van der Waals surface area (Å²) in [4.78, 5) is 16.9. The first-order valence-electron chi connectivity index (χ1n) is 10.5. The first-order valence-corrected chi connectivity index (χ1v) is 11.9. The van der Waals surface area contributed by atoms with Crippen LogP contribution in [0.2, 0.25) is 0 Å². The highest BCUT2D eigenvalue weighted by molar-refractivity contribution is 7.89. The van der Waals surface area contributed by atoms with Gasteiger partial charge in [-0.05, 0) is 36.8 Å². The molecule has 0 spiro atoms. The quantitative estimate of drug-likeness (QED) is 0.484. The van der Waals surface area contributed by atoms with Crippen LogP contribution in [-0.4, -0.2) is 54.5 Å². The fraction of sp³-hybridized carbons (Fsp3) is 0.364. The third kappa shape index (κ3) is 4.90. The number of hydrogen-bond acceptors (Lipinski definition) is 6. The highest BCUT2D eigenvalue weighted by Crippen LogP contribution is 2.24. The van der Waals surface area contributed by atoms with Crippen LogP contribution in [0, 0.1) is 11.6 Å². The lowest BCUT2D eigenvalue weighted by molar-refractivity contribution is 0.0457. The Morgan fingerprint density at radius 3 is 2.48 bits per heavy atom. The number of hydrogen-bond donors (Lipinski definition) is 0. The maximum atomic E-state index is 13.4. The number of nitrogens with zero attached hydrogens (tertiary/aromatic N) is 3. The summed E-state index contributed by atoms with van der Waals surface area (Å²) in [6.07, 6.45) is 0.759. The Morgan fingerprint density at radius 2 is 1.82 bits per heavy atom. The Bertz CT molecular complexity index is 1270. The molecule has 1 aliphatic heterocycles. The fourth-order valence-corrected chi connectivity index (χ4v) is 5.15. The zero-order valence-corrected chi connectivity index (χ0v) is 18.8.